The monoisotopic (exact) mass is 471 g/mol. The van der Waals surface area contributed by atoms with Gasteiger partial charge in [0, 0.05) is 13.1 Å². The van der Waals surface area contributed by atoms with Crippen LogP contribution in [0.5, 0.6) is 17.4 Å². The summed E-state index contributed by atoms with van der Waals surface area (Å²) in [6.45, 7) is 1.92. The maximum Gasteiger partial charge on any atom is 0.258 e. The van der Waals surface area contributed by atoms with Gasteiger partial charge in [0.1, 0.15) is 22.3 Å². The highest BCUT2D eigenvalue weighted by atomic mass is 35.5. The summed E-state index contributed by atoms with van der Waals surface area (Å²) in [6, 6.07) is 7.40. The minimum Gasteiger partial charge on any atom is -0.495 e. The second-order valence-electron chi connectivity index (χ2n) is 7.28. The van der Waals surface area contributed by atoms with Crippen molar-refractivity contribution in [2.24, 2.45) is 5.73 Å². The molecule has 3 aromatic rings. The molecule has 0 fully saturated rings. The Kier molecular flexibility index (Phi) is 5.77. The third kappa shape index (κ3) is 4.00. The quantitative estimate of drug-likeness (QED) is 0.556. The number of fused-ring (bicyclic) bond motifs is 1. The van der Waals surface area contributed by atoms with Crippen molar-refractivity contribution in [3.63, 3.8) is 0 Å². The van der Waals surface area contributed by atoms with Gasteiger partial charge >= 0.3 is 0 Å². The molecular formula is C22H19ClFN5O4. The largest absolute Gasteiger partial charge is 0.495 e. The topological polar surface area (TPSA) is 120 Å². The molecule has 1 aromatic heterocycles. The Morgan fingerprint density at radius 3 is 2.76 bits per heavy atom. The molecule has 0 saturated carbocycles. The Labute approximate surface area is 193 Å². The number of hydrogen-bond acceptors (Lipinski definition) is 7. The summed E-state index contributed by atoms with van der Waals surface area (Å²) in [7, 11) is 3.07. The van der Waals surface area contributed by atoms with E-state index in [1.54, 1.807) is 24.1 Å². The fourth-order valence-corrected chi connectivity index (χ4v) is 3.62. The van der Waals surface area contributed by atoms with Crippen LogP contribution in [0.15, 0.2) is 36.5 Å². The Hall–Kier alpha value is -3.92. The lowest BCUT2D eigenvalue weighted by atomic mass is 10.1. The van der Waals surface area contributed by atoms with Crippen molar-refractivity contribution in [3.8, 4) is 17.4 Å². The molecule has 0 aliphatic carbocycles. The summed E-state index contributed by atoms with van der Waals surface area (Å²) >= 11 is 6.22. The molecule has 0 spiro atoms. The van der Waals surface area contributed by atoms with Crippen LogP contribution in [-0.4, -0.2) is 40.8 Å². The van der Waals surface area contributed by atoms with Crippen LogP contribution in [0.2, 0.25) is 5.02 Å². The third-order valence-electron chi connectivity index (χ3n) is 5.34. The van der Waals surface area contributed by atoms with E-state index in [0.29, 0.717) is 11.3 Å². The van der Waals surface area contributed by atoms with E-state index in [4.69, 9.17) is 26.8 Å². The van der Waals surface area contributed by atoms with Gasteiger partial charge in [-0.2, -0.15) is 4.98 Å². The van der Waals surface area contributed by atoms with Crippen LogP contribution in [0, 0.1) is 5.82 Å². The van der Waals surface area contributed by atoms with Gasteiger partial charge in [0.15, 0.2) is 0 Å². The molecule has 170 valence electrons. The number of anilines is 2. The minimum atomic E-state index is -0.930. The molecule has 1 aliphatic heterocycles. The van der Waals surface area contributed by atoms with Gasteiger partial charge in [-0.1, -0.05) is 23.7 Å². The van der Waals surface area contributed by atoms with E-state index in [9.17, 15) is 14.0 Å². The minimum absolute atomic E-state index is 0.00855. The summed E-state index contributed by atoms with van der Waals surface area (Å²) in [5, 5.41) is 2.91. The molecule has 9 nitrogen and oxygen atoms in total. The highest BCUT2D eigenvalue weighted by Gasteiger charge is 2.34. The van der Waals surface area contributed by atoms with Crippen molar-refractivity contribution < 1.29 is 23.5 Å². The summed E-state index contributed by atoms with van der Waals surface area (Å²) < 4.78 is 25.4. The first-order valence-electron chi connectivity index (χ1n) is 9.76. The van der Waals surface area contributed by atoms with Gasteiger partial charge in [-0.25, -0.2) is 9.37 Å². The highest BCUT2D eigenvalue weighted by molar-refractivity contribution is 6.31. The predicted molar refractivity (Wildman–Crippen MR) is 119 cm³/mol. The second kappa shape index (κ2) is 8.55. The van der Waals surface area contributed by atoms with Crippen LogP contribution in [0.3, 0.4) is 0 Å². The van der Waals surface area contributed by atoms with E-state index in [1.165, 1.54) is 19.4 Å². The Morgan fingerprint density at radius 2 is 2.06 bits per heavy atom. The van der Waals surface area contributed by atoms with Crippen molar-refractivity contribution >= 4 is 35.1 Å². The van der Waals surface area contributed by atoms with Crippen molar-refractivity contribution in [2.45, 2.75) is 13.0 Å². The Bertz CT molecular complexity index is 1290. The molecule has 0 radical (unpaired) electrons. The third-order valence-corrected chi connectivity index (χ3v) is 5.60. The summed E-state index contributed by atoms with van der Waals surface area (Å²) in [5.74, 6) is -1.49. The van der Waals surface area contributed by atoms with Crippen LogP contribution in [-0.2, 0) is 0 Å². The number of benzene rings is 2. The number of nitrogens with one attached hydrogen (secondary N) is 1. The number of hydrogen-bond donors (Lipinski definition) is 2. The molecule has 4 rings (SSSR count). The lowest BCUT2D eigenvalue weighted by Gasteiger charge is -2.14. The number of primary amides is 1. The first kappa shape index (κ1) is 22.3. The molecule has 2 amide bonds. The molecule has 33 heavy (non-hydrogen) atoms. The molecule has 0 bridgehead atoms. The summed E-state index contributed by atoms with van der Waals surface area (Å²) in [4.78, 5) is 34.0. The van der Waals surface area contributed by atoms with E-state index in [1.807, 2.05) is 13.0 Å². The molecule has 11 heteroatoms. The molecular weight excluding hydrogens is 453 g/mol. The van der Waals surface area contributed by atoms with E-state index < -0.39 is 11.7 Å². The van der Waals surface area contributed by atoms with Gasteiger partial charge in [-0.3, -0.25) is 9.59 Å². The predicted octanol–water partition coefficient (Wildman–Crippen LogP) is 4.06. The summed E-state index contributed by atoms with van der Waals surface area (Å²) in [6.07, 6.45) is 1.30. The number of amides is 2. The molecule has 1 aliphatic rings. The zero-order valence-electron chi connectivity index (χ0n) is 17.8. The van der Waals surface area contributed by atoms with Gasteiger partial charge in [0.25, 0.3) is 11.8 Å². The SMILES string of the molecule is COc1cc(C(N)=O)c(F)cc1Nc1ncc(Cl)c(Oc2cccc3c2C(=O)N(C)[C@H]3C)n1. The van der Waals surface area contributed by atoms with Crippen LogP contribution in [0.4, 0.5) is 16.0 Å². The van der Waals surface area contributed by atoms with Gasteiger partial charge in [0.05, 0.1) is 36.2 Å². The van der Waals surface area contributed by atoms with E-state index >= 15 is 0 Å². The van der Waals surface area contributed by atoms with Crippen molar-refractivity contribution in [1.82, 2.24) is 14.9 Å². The normalized spacial score (nSPS) is 14.8. The number of halogens is 2. The number of nitrogens with zero attached hydrogens (tertiary/aromatic N) is 3. The van der Waals surface area contributed by atoms with Crippen molar-refractivity contribution in [1.29, 1.82) is 0 Å². The number of nitrogens with two attached hydrogens (primary N) is 1. The highest BCUT2D eigenvalue weighted by Crippen LogP contribution is 2.40. The average molecular weight is 472 g/mol. The molecule has 1 atom stereocenters. The molecule has 0 saturated heterocycles. The van der Waals surface area contributed by atoms with Gasteiger partial charge in [-0.05, 0) is 24.6 Å². The van der Waals surface area contributed by atoms with Crippen molar-refractivity contribution in [2.75, 3.05) is 19.5 Å². The Balaban J connectivity index is 1.67. The molecule has 0 unspecified atom stereocenters. The molecule has 2 aromatic carbocycles. The fraction of sp³-hybridized carbons (Fsp3) is 0.182. The van der Waals surface area contributed by atoms with Gasteiger partial charge in [-0.15, -0.1) is 0 Å². The van der Waals surface area contributed by atoms with E-state index in [2.05, 4.69) is 15.3 Å². The standard InChI is InChI=1S/C22H19ClFN5O4/c1-10-11-5-4-6-16(18(11)21(31)29(10)2)33-20-13(23)9-26-22(28-20)27-15-8-14(24)12(19(25)30)7-17(15)32-3/h4-10H,1-3H3,(H2,25,30)(H,26,27,28)/t10-/m0/s1. The summed E-state index contributed by atoms with van der Waals surface area (Å²) in [5.41, 5.74) is 6.28. The van der Waals surface area contributed by atoms with Crippen LogP contribution in [0.1, 0.15) is 39.2 Å². The van der Waals surface area contributed by atoms with E-state index in [-0.39, 0.29) is 45.8 Å². The van der Waals surface area contributed by atoms with Crippen molar-refractivity contribution in [3.05, 3.63) is 64.1 Å². The average Bonchev–Trinajstić information content (AvgIpc) is 3.00. The van der Waals surface area contributed by atoms with Crippen LogP contribution >= 0.6 is 11.6 Å². The lowest BCUT2D eigenvalue weighted by molar-refractivity contribution is 0.0782. The number of rotatable bonds is 6. The first-order valence-corrected chi connectivity index (χ1v) is 10.1. The number of methoxy groups -OCH3 is 1. The maximum absolute atomic E-state index is 14.3. The van der Waals surface area contributed by atoms with Crippen LogP contribution in [0.25, 0.3) is 0 Å². The molecule has 2 heterocycles. The number of aromatic nitrogens is 2. The Morgan fingerprint density at radius 1 is 1.30 bits per heavy atom. The smallest absolute Gasteiger partial charge is 0.258 e. The van der Waals surface area contributed by atoms with Gasteiger partial charge < -0.3 is 25.4 Å². The fourth-order valence-electron chi connectivity index (χ4n) is 3.49. The van der Waals surface area contributed by atoms with Crippen LogP contribution < -0.4 is 20.5 Å². The first-order chi connectivity index (χ1) is 15.7. The molecule has 3 N–H and O–H groups in total. The zero-order chi connectivity index (χ0) is 23.9. The second-order valence-corrected chi connectivity index (χ2v) is 7.69. The number of carbonyl (C=O) groups is 2. The van der Waals surface area contributed by atoms with Gasteiger partial charge in [0.2, 0.25) is 11.8 Å². The lowest BCUT2D eigenvalue weighted by Crippen LogP contribution is -2.21. The van der Waals surface area contributed by atoms with E-state index in [0.717, 1.165) is 11.6 Å². The zero-order valence-corrected chi connectivity index (χ0v) is 18.6. The maximum atomic E-state index is 14.3. The number of ether oxygens (including phenoxy) is 2. The number of carbonyl (C=O) groups excluding carboxylic acids is 2.